The average Bonchev–Trinajstić information content (AvgIpc) is 3.53. The van der Waals surface area contributed by atoms with Gasteiger partial charge >= 0.3 is 0 Å². The molecule has 7 aromatic carbocycles. The minimum Gasteiger partial charge on any atom is -0.454 e. The molecule has 0 amide bonds. The van der Waals surface area contributed by atoms with Crippen LogP contribution in [0.25, 0.3) is 72.2 Å². The summed E-state index contributed by atoms with van der Waals surface area (Å²) in [5.41, 5.74) is 11.6. The van der Waals surface area contributed by atoms with E-state index in [-0.39, 0.29) is 5.41 Å². The van der Waals surface area contributed by atoms with E-state index in [2.05, 4.69) is 170 Å². The smallest absolute Gasteiger partial charge is 0.160 e. The molecule has 4 heteroatoms. The van der Waals surface area contributed by atoms with Crippen molar-refractivity contribution in [3.05, 3.63) is 175 Å². The molecule has 10 rings (SSSR count). The maximum absolute atomic E-state index is 6.84. The molecule has 0 spiro atoms. The lowest BCUT2D eigenvalue weighted by Crippen LogP contribution is -2.24. The monoisotopic (exact) mass is 655 g/mol. The summed E-state index contributed by atoms with van der Waals surface area (Å²) in [5, 5.41) is 3.37. The summed E-state index contributed by atoms with van der Waals surface area (Å²) < 4.78 is 9.19. The number of ether oxygens (including phenoxy) is 1. The van der Waals surface area contributed by atoms with Crippen LogP contribution >= 0.6 is 0 Å². The van der Waals surface area contributed by atoms with Crippen molar-refractivity contribution in [1.82, 2.24) is 14.5 Å². The highest BCUT2D eigenvalue weighted by Crippen LogP contribution is 2.52. The maximum Gasteiger partial charge on any atom is 0.160 e. The van der Waals surface area contributed by atoms with Gasteiger partial charge < -0.3 is 9.30 Å². The Labute approximate surface area is 296 Å². The number of rotatable bonds is 4. The predicted octanol–water partition coefficient (Wildman–Crippen LogP) is 12.2. The molecule has 242 valence electrons. The number of hydrogen-bond acceptors (Lipinski definition) is 3. The summed E-state index contributed by atoms with van der Waals surface area (Å²) in [6.45, 7) is 4.58. The van der Waals surface area contributed by atoms with E-state index in [9.17, 15) is 0 Å². The van der Waals surface area contributed by atoms with Crippen molar-refractivity contribution < 1.29 is 4.74 Å². The maximum atomic E-state index is 6.84. The molecule has 3 heterocycles. The van der Waals surface area contributed by atoms with Crippen molar-refractivity contribution in [1.29, 1.82) is 0 Å². The number of hydrogen-bond donors (Lipinski definition) is 0. The fourth-order valence-corrected chi connectivity index (χ4v) is 7.88. The Morgan fingerprint density at radius 1 is 0.510 bits per heavy atom. The summed E-state index contributed by atoms with van der Waals surface area (Å²) in [6, 6.07) is 57.5. The lowest BCUT2D eigenvalue weighted by molar-refractivity contribution is 0.421. The third-order valence-electron chi connectivity index (χ3n) is 10.5. The van der Waals surface area contributed by atoms with Crippen molar-refractivity contribution in [2.45, 2.75) is 19.3 Å². The van der Waals surface area contributed by atoms with E-state index in [0.29, 0.717) is 5.82 Å². The van der Waals surface area contributed by atoms with Crippen molar-refractivity contribution >= 4 is 32.7 Å². The molecule has 51 heavy (non-hydrogen) atoms. The lowest BCUT2D eigenvalue weighted by Gasteiger charge is -2.35. The Morgan fingerprint density at radius 3 is 2.06 bits per heavy atom. The van der Waals surface area contributed by atoms with Crippen molar-refractivity contribution in [3.8, 4) is 51.0 Å². The van der Waals surface area contributed by atoms with Gasteiger partial charge in [0.25, 0.3) is 0 Å². The molecule has 0 saturated carbocycles. The Hall–Kier alpha value is -6.52. The first-order chi connectivity index (χ1) is 25.0. The van der Waals surface area contributed by atoms with Gasteiger partial charge in [0.15, 0.2) is 11.6 Å². The minimum absolute atomic E-state index is 0.226. The molecule has 0 atom stereocenters. The third kappa shape index (κ3) is 4.60. The molecule has 0 aliphatic carbocycles. The molecule has 0 bridgehead atoms. The number of aromatic nitrogens is 3. The summed E-state index contributed by atoms with van der Waals surface area (Å²) >= 11 is 0. The van der Waals surface area contributed by atoms with Gasteiger partial charge in [-0.1, -0.05) is 147 Å². The first-order valence-electron chi connectivity index (χ1n) is 17.4. The van der Waals surface area contributed by atoms with Crippen LogP contribution in [0, 0.1) is 0 Å². The predicted molar refractivity (Wildman–Crippen MR) is 209 cm³/mol. The number of nitrogens with zero attached hydrogens (tertiary/aromatic N) is 3. The summed E-state index contributed by atoms with van der Waals surface area (Å²) in [4.78, 5) is 10.4. The van der Waals surface area contributed by atoms with E-state index in [0.717, 1.165) is 61.3 Å². The van der Waals surface area contributed by atoms with Crippen molar-refractivity contribution in [2.24, 2.45) is 0 Å². The molecule has 2 aromatic heterocycles. The van der Waals surface area contributed by atoms with Gasteiger partial charge in [0.1, 0.15) is 5.75 Å². The lowest BCUT2D eigenvalue weighted by atomic mass is 9.75. The summed E-state index contributed by atoms with van der Waals surface area (Å²) in [6.07, 6.45) is 0. The van der Waals surface area contributed by atoms with Gasteiger partial charge in [0, 0.05) is 49.5 Å². The fraction of sp³-hybridized carbons (Fsp3) is 0.0638. The van der Waals surface area contributed by atoms with E-state index in [4.69, 9.17) is 14.7 Å². The molecular weight excluding hydrogens is 623 g/mol. The van der Waals surface area contributed by atoms with Crippen LogP contribution in [0.4, 0.5) is 0 Å². The highest BCUT2D eigenvalue weighted by Gasteiger charge is 2.36. The summed E-state index contributed by atoms with van der Waals surface area (Å²) in [5.74, 6) is 2.50. The number of fused-ring (bicyclic) bond motifs is 7. The third-order valence-corrected chi connectivity index (χ3v) is 10.5. The normalized spacial score (nSPS) is 13.2. The van der Waals surface area contributed by atoms with Crippen LogP contribution < -0.4 is 4.74 Å². The van der Waals surface area contributed by atoms with Crippen LogP contribution in [-0.4, -0.2) is 14.5 Å². The highest BCUT2D eigenvalue weighted by atomic mass is 16.5. The molecule has 0 N–H and O–H groups in total. The van der Waals surface area contributed by atoms with Crippen molar-refractivity contribution in [2.75, 3.05) is 0 Å². The molecular formula is C47H33N3O. The van der Waals surface area contributed by atoms with Gasteiger partial charge in [-0.15, -0.1) is 0 Å². The molecule has 0 radical (unpaired) electrons. The van der Waals surface area contributed by atoms with E-state index in [1.165, 1.54) is 27.6 Å². The first-order valence-corrected chi connectivity index (χ1v) is 17.4. The molecule has 1 aliphatic rings. The second-order valence-electron chi connectivity index (χ2n) is 13.8. The van der Waals surface area contributed by atoms with Gasteiger partial charge in [0.05, 0.1) is 22.2 Å². The van der Waals surface area contributed by atoms with Crippen LogP contribution in [-0.2, 0) is 5.41 Å². The van der Waals surface area contributed by atoms with Gasteiger partial charge in [-0.05, 0) is 41.5 Å². The SMILES string of the molecule is CC1(C)c2ccccc2Oc2c1ccc1c3ccccc3n(-c3cccc(-c4nc(-c5ccc(-c6ccccc6)cc5)c5ccccc5n4)c3)c21. The van der Waals surface area contributed by atoms with Crippen LogP contribution in [0.1, 0.15) is 25.0 Å². The van der Waals surface area contributed by atoms with Crippen LogP contribution in [0.3, 0.4) is 0 Å². The zero-order valence-corrected chi connectivity index (χ0v) is 28.3. The largest absolute Gasteiger partial charge is 0.454 e. The van der Waals surface area contributed by atoms with E-state index >= 15 is 0 Å². The van der Waals surface area contributed by atoms with Gasteiger partial charge in [0.2, 0.25) is 0 Å². The highest BCUT2D eigenvalue weighted by molar-refractivity contribution is 6.12. The number of benzene rings is 7. The molecule has 9 aromatic rings. The Balaban J connectivity index is 1.15. The second-order valence-corrected chi connectivity index (χ2v) is 13.8. The topological polar surface area (TPSA) is 39.9 Å². The average molecular weight is 656 g/mol. The van der Waals surface area contributed by atoms with Crippen LogP contribution in [0.2, 0.25) is 0 Å². The molecule has 4 nitrogen and oxygen atoms in total. The first kappa shape index (κ1) is 29.4. The number of para-hydroxylation sites is 3. The van der Waals surface area contributed by atoms with E-state index in [1.807, 2.05) is 12.1 Å². The Morgan fingerprint density at radius 2 is 1.20 bits per heavy atom. The summed E-state index contributed by atoms with van der Waals surface area (Å²) in [7, 11) is 0. The molecule has 0 fully saturated rings. The molecule has 0 saturated heterocycles. The quantitative estimate of drug-likeness (QED) is 0.189. The Kier molecular flexibility index (Phi) is 6.49. The Bertz CT molecular complexity index is 2800. The zero-order chi connectivity index (χ0) is 34.1. The van der Waals surface area contributed by atoms with Crippen molar-refractivity contribution in [3.63, 3.8) is 0 Å². The van der Waals surface area contributed by atoms with E-state index < -0.39 is 0 Å². The zero-order valence-electron chi connectivity index (χ0n) is 28.3. The standard InChI is InChI=1S/C47H33N3O/c1-47(2)38-19-8-11-22-42(38)51-45-39(47)28-27-36-35-17-7-10-21-41(35)50(44(36)45)34-16-12-15-33(29-34)46-48-40-20-9-6-18-37(40)43(49-46)32-25-23-31(24-26-32)30-13-4-3-5-14-30/h3-29H,1-2H3. The van der Waals surface area contributed by atoms with Crippen LogP contribution in [0.15, 0.2) is 164 Å². The minimum atomic E-state index is -0.226. The molecule has 1 aliphatic heterocycles. The van der Waals surface area contributed by atoms with Crippen LogP contribution in [0.5, 0.6) is 11.5 Å². The second kappa shape index (κ2) is 11.3. The van der Waals surface area contributed by atoms with Gasteiger partial charge in [-0.25, -0.2) is 9.97 Å². The van der Waals surface area contributed by atoms with E-state index in [1.54, 1.807) is 0 Å². The molecule has 0 unspecified atom stereocenters. The van der Waals surface area contributed by atoms with Gasteiger partial charge in [-0.3, -0.25) is 0 Å². The fourth-order valence-electron chi connectivity index (χ4n) is 7.88. The van der Waals surface area contributed by atoms with Gasteiger partial charge in [-0.2, -0.15) is 0 Å².